The van der Waals surface area contributed by atoms with Crippen molar-refractivity contribution in [2.75, 3.05) is 19.7 Å². The van der Waals surface area contributed by atoms with E-state index in [1.54, 1.807) is 18.7 Å². The maximum Gasteiger partial charge on any atom is 0.407 e. The van der Waals surface area contributed by atoms with Gasteiger partial charge in [-0.2, -0.15) is 0 Å². The third kappa shape index (κ3) is 5.76. The van der Waals surface area contributed by atoms with Crippen LogP contribution in [0.4, 0.5) is 4.79 Å². The molecule has 0 aromatic heterocycles. The second-order valence-corrected chi connectivity index (χ2v) is 9.94. The molecule has 7 nitrogen and oxygen atoms in total. The molecule has 0 aliphatic heterocycles. The Kier molecular flexibility index (Phi) is 6.91. The molecule has 0 unspecified atom stereocenters. The normalized spacial score (nSPS) is 14.8. The van der Waals surface area contributed by atoms with Crippen molar-refractivity contribution in [1.29, 1.82) is 0 Å². The van der Waals surface area contributed by atoms with E-state index in [9.17, 15) is 14.4 Å². The number of rotatable bonds is 10. The molecule has 180 valence electrons. The first-order chi connectivity index (χ1) is 16.2. The minimum atomic E-state index is -0.926. The van der Waals surface area contributed by atoms with Crippen molar-refractivity contribution in [2.24, 2.45) is 5.92 Å². The molecule has 34 heavy (non-hydrogen) atoms. The second kappa shape index (κ2) is 9.87. The first-order valence-electron chi connectivity index (χ1n) is 11.9. The van der Waals surface area contributed by atoms with Gasteiger partial charge in [0, 0.05) is 31.0 Å². The molecule has 0 atom stereocenters. The summed E-state index contributed by atoms with van der Waals surface area (Å²) in [5.74, 6) is -0.661. The number of fused-ring (bicyclic) bond motifs is 3. The zero-order valence-corrected chi connectivity index (χ0v) is 19.8. The Hall–Kier alpha value is -3.35. The highest BCUT2D eigenvalue weighted by Gasteiger charge is 2.33. The minimum absolute atomic E-state index is 0.0343. The fourth-order valence-electron chi connectivity index (χ4n) is 4.61. The molecule has 2 N–H and O–H groups in total. The SMILES string of the molecule is CC(C)(CC(=O)N(CCC(=O)O)CC1CC1)NC(=O)OCC1c2ccccc2-c2ccccc21. The van der Waals surface area contributed by atoms with Gasteiger partial charge in [0.1, 0.15) is 6.61 Å². The molecule has 4 rings (SSSR count). The summed E-state index contributed by atoms with van der Waals surface area (Å²) in [6.45, 7) is 4.52. The predicted molar refractivity (Wildman–Crippen MR) is 128 cm³/mol. The molecule has 2 amide bonds. The number of nitrogens with one attached hydrogen (secondary N) is 1. The lowest BCUT2D eigenvalue weighted by molar-refractivity contribution is -0.138. The predicted octanol–water partition coefficient (Wildman–Crippen LogP) is 4.41. The average Bonchev–Trinajstić information content (AvgIpc) is 3.55. The molecule has 0 bridgehead atoms. The van der Waals surface area contributed by atoms with E-state index in [0.717, 1.165) is 35.1 Å². The molecule has 1 saturated carbocycles. The van der Waals surface area contributed by atoms with Gasteiger partial charge in [-0.3, -0.25) is 9.59 Å². The number of carbonyl (C=O) groups excluding carboxylic acids is 2. The van der Waals surface area contributed by atoms with Gasteiger partial charge < -0.3 is 20.1 Å². The Morgan fingerprint density at radius 2 is 1.62 bits per heavy atom. The monoisotopic (exact) mass is 464 g/mol. The number of carbonyl (C=O) groups is 3. The van der Waals surface area contributed by atoms with Crippen molar-refractivity contribution < 1.29 is 24.2 Å². The van der Waals surface area contributed by atoms with E-state index >= 15 is 0 Å². The van der Waals surface area contributed by atoms with Gasteiger partial charge in [-0.25, -0.2) is 4.79 Å². The summed E-state index contributed by atoms with van der Waals surface area (Å²) in [5, 5.41) is 11.8. The van der Waals surface area contributed by atoms with Gasteiger partial charge in [-0.15, -0.1) is 0 Å². The Morgan fingerprint density at radius 3 is 2.18 bits per heavy atom. The number of aliphatic carboxylic acids is 1. The fraction of sp³-hybridized carbons (Fsp3) is 0.444. The Balaban J connectivity index is 1.34. The van der Waals surface area contributed by atoms with Gasteiger partial charge in [0.05, 0.1) is 6.42 Å². The van der Waals surface area contributed by atoms with Crippen LogP contribution in [0.1, 0.15) is 56.6 Å². The lowest BCUT2D eigenvalue weighted by atomic mass is 9.98. The number of nitrogens with zero attached hydrogens (tertiary/aromatic N) is 1. The van der Waals surface area contributed by atoms with Crippen LogP contribution in [0.25, 0.3) is 11.1 Å². The van der Waals surface area contributed by atoms with E-state index in [1.807, 2.05) is 24.3 Å². The smallest absolute Gasteiger partial charge is 0.407 e. The number of hydrogen-bond acceptors (Lipinski definition) is 4. The largest absolute Gasteiger partial charge is 0.481 e. The molecular formula is C27H32N2O5. The van der Waals surface area contributed by atoms with Crippen LogP contribution in [0.5, 0.6) is 0 Å². The summed E-state index contributed by atoms with van der Waals surface area (Å²) in [7, 11) is 0. The van der Waals surface area contributed by atoms with Crippen LogP contribution in [-0.4, -0.2) is 53.2 Å². The topological polar surface area (TPSA) is 95.9 Å². The van der Waals surface area contributed by atoms with Crippen LogP contribution in [0, 0.1) is 5.92 Å². The van der Waals surface area contributed by atoms with E-state index in [1.165, 1.54) is 0 Å². The maximum atomic E-state index is 12.9. The molecule has 2 aromatic carbocycles. The van der Waals surface area contributed by atoms with Crippen molar-refractivity contribution in [3.8, 4) is 11.1 Å². The number of ether oxygens (including phenoxy) is 1. The van der Waals surface area contributed by atoms with Crippen molar-refractivity contribution in [3.63, 3.8) is 0 Å². The molecule has 2 aliphatic carbocycles. The highest BCUT2D eigenvalue weighted by atomic mass is 16.5. The minimum Gasteiger partial charge on any atom is -0.481 e. The highest BCUT2D eigenvalue weighted by molar-refractivity contribution is 5.80. The number of alkyl carbamates (subject to hydrolysis) is 1. The number of benzene rings is 2. The summed E-state index contributed by atoms with van der Waals surface area (Å²) in [4.78, 5) is 38.2. The van der Waals surface area contributed by atoms with Crippen molar-refractivity contribution in [2.45, 2.75) is 51.0 Å². The molecule has 0 saturated heterocycles. The third-order valence-corrected chi connectivity index (χ3v) is 6.50. The van der Waals surface area contributed by atoms with Gasteiger partial charge in [-0.05, 0) is 54.9 Å². The van der Waals surface area contributed by atoms with Crippen molar-refractivity contribution >= 4 is 18.0 Å². The Bertz CT molecular complexity index is 1030. The van der Waals surface area contributed by atoms with E-state index in [0.29, 0.717) is 12.5 Å². The first kappa shape index (κ1) is 23.8. The van der Waals surface area contributed by atoms with Crippen LogP contribution in [0.2, 0.25) is 0 Å². The van der Waals surface area contributed by atoms with Gasteiger partial charge in [0.15, 0.2) is 0 Å². The van der Waals surface area contributed by atoms with Gasteiger partial charge in [0.2, 0.25) is 5.91 Å². The van der Waals surface area contributed by atoms with Gasteiger partial charge in [-0.1, -0.05) is 48.5 Å². The lowest BCUT2D eigenvalue weighted by Gasteiger charge is -2.30. The van der Waals surface area contributed by atoms with Crippen molar-refractivity contribution in [1.82, 2.24) is 10.2 Å². The van der Waals surface area contributed by atoms with E-state index in [-0.39, 0.29) is 37.8 Å². The Labute approximate surface area is 200 Å². The molecule has 2 aromatic rings. The molecular weight excluding hydrogens is 432 g/mol. The number of hydrogen-bond donors (Lipinski definition) is 2. The summed E-state index contributed by atoms with van der Waals surface area (Å²) >= 11 is 0. The third-order valence-electron chi connectivity index (χ3n) is 6.50. The molecule has 7 heteroatoms. The van der Waals surface area contributed by atoms with Gasteiger partial charge >= 0.3 is 12.1 Å². The van der Waals surface area contributed by atoms with Gasteiger partial charge in [0.25, 0.3) is 0 Å². The van der Waals surface area contributed by atoms with E-state index < -0.39 is 17.6 Å². The molecule has 0 spiro atoms. The summed E-state index contributed by atoms with van der Waals surface area (Å²) in [5.41, 5.74) is 3.77. The van der Waals surface area contributed by atoms with E-state index in [2.05, 4.69) is 29.6 Å². The average molecular weight is 465 g/mol. The zero-order valence-electron chi connectivity index (χ0n) is 19.8. The lowest BCUT2D eigenvalue weighted by Crippen LogP contribution is -2.48. The second-order valence-electron chi connectivity index (χ2n) is 9.94. The zero-order chi connectivity index (χ0) is 24.3. The number of amides is 2. The van der Waals surface area contributed by atoms with Crippen LogP contribution in [0.3, 0.4) is 0 Å². The summed E-state index contributed by atoms with van der Waals surface area (Å²) in [6, 6.07) is 16.3. The molecule has 0 radical (unpaired) electrons. The van der Waals surface area contributed by atoms with Crippen LogP contribution >= 0.6 is 0 Å². The quantitative estimate of drug-likeness (QED) is 0.543. The van der Waals surface area contributed by atoms with Crippen molar-refractivity contribution in [3.05, 3.63) is 59.7 Å². The van der Waals surface area contributed by atoms with Crippen LogP contribution < -0.4 is 5.32 Å². The highest BCUT2D eigenvalue weighted by Crippen LogP contribution is 2.44. The summed E-state index contributed by atoms with van der Waals surface area (Å²) in [6.07, 6.45) is 1.55. The standard InChI is InChI=1S/C27H32N2O5/c1-27(2,15-24(30)29(14-13-25(31)32)16-18-11-12-18)28-26(33)34-17-23-21-9-5-3-7-19(21)20-8-4-6-10-22(20)23/h3-10,18,23H,11-17H2,1-2H3,(H,28,33)(H,31,32). The number of carboxylic acids is 1. The summed E-state index contributed by atoms with van der Waals surface area (Å²) < 4.78 is 5.62. The first-order valence-corrected chi connectivity index (χ1v) is 11.9. The van der Waals surface area contributed by atoms with Crippen LogP contribution in [0.15, 0.2) is 48.5 Å². The maximum absolute atomic E-state index is 12.9. The molecule has 2 aliphatic rings. The van der Waals surface area contributed by atoms with Crippen LogP contribution in [-0.2, 0) is 14.3 Å². The fourth-order valence-corrected chi connectivity index (χ4v) is 4.61. The molecule has 1 fully saturated rings. The van der Waals surface area contributed by atoms with E-state index in [4.69, 9.17) is 9.84 Å². The molecule has 0 heterocycles. The Morgan fingerprint density at radius 1 is 1.03 bits per heavy atom. The number of carboxylic acid groups (broad SMARTS) is 1.